The van der Waals surface area contributed by atoms with Gasteiger partial charge in [-0.25, -0.2) is 0 Å². The van der Waals surface area contributed by atoms with Gasteiger partial charge in [0, 0.05) is 43.6 Å². The van der Waals surface area contributed by atoms with Crippen LogP contribution in [0.2, 0.25) is 0 Å². The predicted octanol–water partition coefficient (Wildman–Crippen LogP) is 1.61. The lowest BCUT2D eigenvalue weighted by atomic mass is 10.0. The molecule has 2 aromatic heterocycles. The first-order valence-electron chi connectivity index (χ1n) is 9.13. The van der Waals surface area contributed by atoms with Crippen LogP contribution in [-0.2, 0) is 20.8 Å². The van der Waals surface area contributed by atoms with Crippen molar-refractivity contribution in [1.29, 1.82) is 0 Å². The zero-order valence-electron chi connectivity index (χ0n) is 16.5. The Hall–Kier alpha value is -3.62. The number of carbonyl (C=O) groups excluding carboxylic acids is 3. The zero-order valence-corrected chi connectivity index (χ0v) is 16.5. The second-order valence-electron chi connectivity index (χ2n) is 6.88. The van der Waals surface area contributed by atoms with Crippen LogP contribution in [0.1, 0.15) is 18.2 Å². The molecule has 0 aliphatic carbocycles. The van der Waals surface area contributed by atoms with Gasteiger partial charge < -0.3 is 25.0 Å². The van der Waals surface area contributed by atoms with E-state index in [-0.39, 0.29) is 24.2 Å². The van der Waals surface area contributed by atoms with E-state index in [9.17, 15) is 14.4 Å². The van der Waals surface area contributed by atoms with Gasteiger partial charge in [0.1, 0.15) is 11.8 Å². The fraction of sp³-hybridized carbons (Fsp3) is 0.300. The van der Waals surface area contributed by atoms with Crippen molar-refractivity contribution in [1.82, 2.24) is 20.4 Å². The number of nitrogens with zero attached hydrogens (tertiary/aromatic N) is 2. The fourth-order valence-corrected chi connectivity index (χ4v) is 3.13. The zero-order chi connectivity index (χ0) is 21.0. The van der Waals surface area contributed by atoms with E-state index in [1.807, 2.05) is 30.5 Å². The Morgan fingerprint density at radius 1 is 1.28 bits per heavy atom. The number of rotatable bonds is 7. The number of likely N-dealkylation sites (N-methyl/N-ethyl adjacent to an activating group) is 1. The molecule has 29 heavy (non-hydrogen) atoms. The monoisotopic (exact) mass is 397 g/mol. The van der Waals surface area contributed by atoms with Crippen molar-refractivity contribution in [3.63, 3.8) is 0 Å². The summed E-state index contributed by atoms with van der Waals surface area (Å²) >= 11 is 0. The van der Waals surface area contributed by atoms with E-state index in [1.54, 1.807) is 13.0 Å². The van der Waals surface area contributed by atoms with Gasteiger partial charge in [-0.05, 0) is 18.6 Å². The molecule has 0 fully saturated rings. The normalized spacial score (nSPS) is 11.8. The molecule has 9 nitrogen and oxygen atoms in total. The number of amides is 3. The van der Waals surface area contributed by atoms with Crippen LogP contribution < -0.4 is 10.6 Å². The summed E-state index contributed by atoms with van der Waals surface area (Å²) in [7, 11) is 1.51. The van der Waals surface area contributed by atoms with Crippen molar-refractivity contribution in [3.05, 3.63) is 47.9 Å². The van der Waals surface area contributed by atoms with E-state index in [0.29, 0.717) is 12.2 Å². The molecular formula is C20H23N5O4. The van der Waals surface area contributed by atoms with Crippen LogP contribution in [0.3, 0.4) is 0 Å². The van der Waals surface area contributed by atoms with E-state index >= 15 is 0 Å². The number of aromatic amines is 1. The standard InChI is InChI=1S/C20H23N5O4/c1-12-8-18(24-29-12)23-19(27)11-25(3)20(28)17(22-13(2)26)9-14-10-21-16-7-5-4-6-15(14)16/h4-8,10,17,21H,9,11H2,1-3H3,(H,22,26)(H,23,24,27). The number of nitrogens with one attached hydrogen (secondary N) is 3. The summed E-state index contributed by atoms with van der Waals surface area (Å²) in [5, 5.41) is 9.93. The second kappa shape index (κ2) is 8.59. The van der Waals surface area contributed by atoms with Gasteiger partial charge in [-0.1, -0.05) is 23.4 Å². The predicted molar refractivity (Wildman–Crippen MR) is 107 cm³/mol. The molecule has 9 heteroatoms. The van der Waals surface area contributed by atoms with Crippen LogP contribution in [0.4, 0.5) is 5.82 Å². The maximum absolute atomic E-state index is 12.9. The molecule has 0 saturated heterocycles. The third kappa shape index (κ3) is 5.01. The number of hydrogen-bond donors (Lipinski definition) is 3. The lowest BCUT2D eigenvalue weighted by molar-refractivity contribution is -0.137. The first kappa shape index (κ1) is 20.1. The summed E-state index contributed by atoms with van der Waals surface area (Å²) in [6.45, 7) is 2.88. The van der Waals surface area contributed by atoms with Gasteiger partial charge >= 0.3 is 0 Å². The van der Waals surface area contributed by atoms with Crippen LogP contribution in [0.25, 0.3) is 10.9 Å². The quantitative estimate of drug-likeness (QED) is 0.559. The highest BCUT2D eigenvalue weighted by Crippen LogP contribution is 2.19. The number of hydrogen-bond acceptors (Lipinski definition) is 5. The first-order valence-corrected chi connectivity index (χ1v) is 9.13. The summed E-state index contributed by atoms with van der Waals surface area (Å²) in [5.41, 5.74) is 1.86. The van der Waals surface area contributed by atoms with Gasteiger partial charge in [-0.3, -0.25) is 14.4 Å². The molecular weight excluding hydrogens is 374 g/mol. The molecule has 0 aliphatic rings. The Labute approximate surface area is 167 Å². The van der Waals surface area contributed by atoms with Crippen molar-refractivity contribution in [2.75, 3.05) is 18.9 Å². The van der Waals surface area contributed by atoms with Crippen molar-refractivity contribution in [2.45, 2.75) is 26.3 Å². The largest absolute Gasteiger partial charge is 0.361 e. The van der Waals surface area contributed by atoms with Crippen LogP contribution in [0.5, 0.6) is 0 Å². The van der Waals surface area contributed by atoms with Crippen molar-refractivity contribution in [3.8, 4) is 0 Å². The number of benzene rings is 1. The number of aromatic nitrogens is 2. The molecule has 1 unspecified atom stereocenters. The van der Waals surface area contributed by atoms with Crippen LogP contribution in [0.15, 0.2) is 41.1 Å². The molecule has 1 atom stereocenters. The summed E-state index contributed by atoms with van der Waals surface area (Å²) < 4.78 is 4.90. The maximum Gasteiger partial charge on any atom is 0.245 e. The number of para-hydroxylation sites is 1. The highest BCUT2D eigenvalue weighted by Gasteiger charge is 2.25. The number of H-pyrrole nitrogens is 1. The van der Waals surface area contributed by atoms with E-state index in [0.717, 1.165) is 16.5 Å². The number of aryl methyl sites for hydroxylation is 1. The maximum atomic E-state index is 12.9. The van der Waals surface area contributed by atoms with Gasteiger partial charge in [0.25, 0.3) is 0 Å². The summed E-state index contributed by atoms with van der Waals surface area (Å²) in [6, 6.07) is 8.51. The van der Waals surface area contributed by atoms with Gasteiger partial charge in [0.05, 0.1) is 6.54 Å². The highest BCUT2D eigenvalue weighted by atomic mass is 16.5. The Morgan fingerprint density at radius 3 is 2.72 bits per heavy atom. The molecule has 1 aromatic carbocycles. The van der Waals surface area contributed by atoms with Crippen LogP contribution in [0, 0.1) is 6.92 Å². The van der Waals surface area contributed by atoms with Gasteiger partial charge in [0.2, 0.25) is 17.7 Å². The minimum Gasteiger partial charge on any atom is -0.361 e. The Kier molecular flexibility index (Phi) is 5.96. The van der Waals surface area contributed by atoms with Crippen LogP contribution >= 0.6 is 0 Å². The molecule has 3 rings (SSSR count). The lowest BCUT2D eigenvalue weighted by Crippen LogP contribution is -2.49. The van der Waals surface area contributed by atoms with E-state index < -0.39 is 11.9 Å². The molecule has 152 valence electrons. The first-order chi connectivity index (χ1) is 13.8. The number of carbonyl (C=O) groups is 3. The Balaban J connectivity index is 1.69. The second-order valence-corrected chi connectivity index (χ2v) is 6.88. The van der Waals surface area contributed by atoms with Crippen LogP contribution in [-0.4, -0.2) is 52.4 Å². The summed E-state index contributed by atoms with van der Waals surface area (Å²) in [5.74, 6) is -0.251. The minimum absolute atomic E-state index is 0.186. The molecule has 0 bridgehead atoms. The van der Waals surface area contributed by atoms with Crippen molar-refractivity contribution >= 4 is 34.4 Å². The average molecular weight is 397 g/mol. The average Bonchev–Trinajstić information content (AvgIpc) is 3.26. The highest BCUT2D eigenvalue weighted by molar-refractivity contribution is 5.95. The van der Waals surface area contributed by atoms with E-state index in [4.69, 9.17) is 4.52 Å². The van der Waals surface area contributed by atoms with E-state index in [2.05, 4.69) is 20.8 Å². The lowest BCUT2D eigenvalue weighted by Gasteiger charge is -2.23. The molecule has 0 aliphatic heterocycles. The molecule has 2 heterocycles. The Morgan fingerprint density at radius 2 is 2.03 bits per heavy atom. The van der Waals surface area contributed by atoms with Gasteiger partial charge in [-0.2, -0.15) is 0 Å². The third-order valence-corrected chi connectivity index (χ3v) is 4.43. The van der Waals surface area contributed by atoms with Crippen molar-refractivity contribution in [2.24, 2.45) is 0 Å². The fourth-order valence-electron chi connectivity index (χ4n) is 3.13. The summed E-state index contributed by atoms with van der Waals surface area (Å²) in [6.07, 6.45) is 2.13. The summed E-state index contributed by atoms with van der Waals surface area (Å²) in [4.78, 5) is 41.2. The molecule has 3 N–H and O–H groups in total. The smallest absolute Gasteiger partial charge is 0.245 e. The minimum atomic E-state index is -0.793. The Bertz CT molecular complexity index is 1040. The molecule has 3 amide bonds. The van der Waals surface area contributed by atoms with Gasteiger partial charge in [-0.15, -0.1) is 0 Å². The van der Waals surface area contributed by atoms with Crippen molar-refractivity contribution < 1.29 is 18.9 Å². The van der Waals surface area contributed by atoms with Gasteiger partial charge in [0.15, 0.2) is 5.82 Å². The number of anilines is 1. The molecule has 0 saturated carbocycles. The third-order valence-electron chi connectivity index (χ3n) is 4.43. The van der Waals surface area contributed by atoms with E-state index in [1.165, 1.54) is 18.9 Å². The SMILES string of the molecule is CC(=O)NC(Cc1c[nH]c2ccccc12)C(=O)N(C)CC(=O)Nc1cc(C)on1. The molecule has 0 radical (unpaired) electrons. The molecule has 3 aromatic rings. The molecule has 0 spiro atoms. The topological polar surface area (TPSA) is 120 Å². The number of fused-ring (bicyclic) bond motifs is 1.